The average molecular weight is 744 g/mol. The summed E-state index contributed by atoms with van der Waals surface area (Å²) < 4.78 is 19.3. The zero-order valence-electron chi connectivity index (χ0n) is 31.3. The van der Waals surface area contributed by atoms with Crippen molar-refractivity contribution in [1.82, 2.24) is 25.8 Å². The Morgan fingerprint density at radius 3 is 1.60 bits per heavy atom. The van der Waals surface area contributed by atoms with E-state index in [4.69, 9.17) is 9.47 Å². The summed E-state index contributed by atoms with van der Waals surface area (Å²) in [5.41, 5.74) is -1.49. The highest BCUT2D eigenvalue weighted by Gasteiger charge is 2.24. The molecule has 0 radical (unpaired) electrons. The lowest BCUT2D eigenvalue weighted by molar-refractivity contribution is -0.155. The zero-order chi connectivity index (χ0) is 40.1. The van der Waals surface area contributed by atoms with Crippen LogP contribution in [0.25, 0.3) is 0 Å². The third-order valence-corrected chi connectivity index (χ3v) is 6.32. The molecule has 19 heteroatoms. The number of nitrogens with zero attached hydrogens (tertiary/aromatic N) is 2. The van der Waals surface area contributed by atoms with Crippen LogP contribution in [0.4, 0.5) is 4.79 Å². The van der Waals surface area contributed by atoms with Crippen molar-refractivity contribution in [2.24, 2.45) is 0 Å². The van der Waals surface area contributed by atoms with Crippen molar-refractivity contribution in [3.63, 3.8) is 0 Å². The molecule has 3 N–H and O–H groups in total. The summed E-state index contributed by atoms with van der Waals surface area (Å²) in [7, 11) is 2.19. The topological polar surface area (TPSA) is 250 Å². The van der Waals surface area contributed by atoms with Crippen LogP contribution in [0.15, 0.2) is 0 Å². The molecule has 0 fully saturated rings. The lowest BCUT2D eigenvalue weighted by atomic mass is 10.1. The largest absolute Gasteiger partial charge is 0.468 e. The molecule has 0 spiro atoms. The lowest BCUT2D eigenvalue weighted by Gasteiger charge is -2.22. The number of carbonyl (C=O) groups excluding carboxylic acids is 10. The minimum Gasteiger partial charge on any atom is -0.468 e. The van der Waals surface area contributed by atoms with Crippen molar-refractivity contribution >= 4 is 59.2 Å². The maximum Gasteiger partial charge on any atom is 0.408 e. The predicted octanol–water partition coefficient (Wildman–Crippen LogP) is -0.433. The third kappa shape index (κ3) is 24.1. The van der Waals surface area contributed by atoms with E-state index in [9.17, 15) is 47.9 Å². The van der Waals surface area contributed by atoms with Gasteiger partial charge in [0.15, 0.2) is 11.6 Å². The number of nitrogens with one attached hydrogen (secondary N) is 3. The fourth-order valence-electron chi connectivity index (χ4n) is 3.90. The van der Waals surface area contributed by atoms with Gasteiger partial charge in [0.1, 0.15) is 30.8 Å². The molecule has 52 heavy (non-hydrogen) atoms. The van der Waals surface area contributed by atoms with E-state index >= 15 is 0 Å². The van der Waals surface area contributed by atoms with Gasteiger partial charge in [-0.15, -0.1) is 0 Å². The van der Waals surface area contributed by atoms with Crippen LogP contribution in [-0.2, 0) is 62.1 Å². The summed E-state index contributed by atoms with van der Waals surface area (Å²) in [6.07, 6.45) is -1.90. The van der Waals surface area contributed by atoms with Crippen LogP contribution >= 0.6 is 0 Å². The normalized spacial score (nSPS) is 10.9. The minimum atomic E-state index is -0.823. The van der Waals surface area contributed by atoms with Gasteiger partial charge in [0.05, 0.1) is 40.3 Å². The summed E-state index contributed by atoms with van der Waals surface area (Å²) >= 11 is 0. The number of ketones is 2. The van der Waals surface area contributed by atoms with E-state index < -0.39 is 103 Å². The summed E-state index contributed by atoms with van der Waals surface area (Å²) in [6, 6.07) is 0. The first-order chi connectivity index (χ1) is 24.0. The van der Waals surface area contributed by atoms with Gasteiger partial charge in [-0.1, -0.05) is 0 Å². The molecule has 0 atom stereocenters. The molecule has 0 aromatic heterocycles. The Hall–Kier alpha value is -5.10. The molecule has 5 amide bonds. The Labute approximate surface area is 303 Å². The number of hydrogen-bond donors (Lipinski definition) is 3. The monoisotopic (exact) mass is 743 g/mol. The van der Waals surface area contributed by atoms with Crippen molar-refractivity contribution in [2.75, 3.05) is 60.0 Å². The SMILES string of the molecule is COC(=O)CN(CC(=O)CCCNC(=O)CN(CC(=O)OC)C(=O)CNC(=O)CCC(=O)OC(C)(C)C)C(=O)CCC(=O)CNC(=O)OC(C)(C)C. The Kier molecular flexibility index (Phi) is 21.1. The lowest BCUT2D eigenvalue weighted by Crippen LogP contribution is -2.47. The van der Waals surface area contributed by atoms with Gasteiger partial charge in [-0.05, 0) is 48.0 Å². The number of alkyl carbamates (subject to hydrolysis) is 1. The van der Waals surface area contributed by atoms with Crippen LogP contribution < -0.4 is 16.0 Å². The Bertz CT molecular complexity index is 1200. The van der Waals surface area contributed by atoms with E-state index in [-0.39, 0.29) is 51.6 Å². The van der Waals surface area contributed by atoms with E-state index in [2.05, 4.69) is 25.4 Å². The van der Waals surface area contributed by atoms with Gasteiger partial charge in [-0.2, -0.15) is 0 Å². The molecule has 0 saturated carbocycles. The second-order valence-corrected chi connectivity index (χ2v) is 13.4. The van der Waals surface area contributed by atoms with Gasteiger partial charge < -0.3 is 44.7 Å². The predicted molar refractivity (Wildman–Crippen MR) is 181 cm³/mol. The van der Waals surface area contributed by atoms with Crippen molar-refractivity contribution in [1.29, 1.82) is 0 Å². The summed E-state index contributed by atoms with van der Waals surface area (Å²) in [5.74, 6) is -5.92. The third-order valence-electron chi connectivity index (χ3n) is 6.32. The smallest absolute Gasteiger partial charge is 0.408 e. The summed E-state index contributed by atoms with van der Waals surface area (Å²) in [5, 5.41) is 7.12. The molecule has 0 aromatic rings. The highest BCUT2D eigenvalue weighted by molar-refractivity contribution is 5.92. The fraction of sp³-hybridized carbons (Fsp3) is 0.697. The van der Waals surface area contributed by atoms with Gasteiger partial charge in [0.2, 0.25) is 23.6 Å². The second kappa shape index (κ2) is 23.4. The maximum atomic E-state index is 12.8. The van der Waals surface area contributed by atoms with E-state index in [0.717, 1.165) is 24.0 Å². The fourth-order valence-corrected chi connectivity index (χ4v) is 3.90. The summed E-state index contributed by atoms with van der Waals surface area (Å²) in [6.45, 7) is 6.82. The standard InChI is InChI=1S/C33H53N5O14/c1-32(2,3)51-28(45)14-12-24(41)35-17-27(44)38(21-30(47)50-8)19-25(42)34-15-9-10-23(40)18-37(20-29(46)49-7)26(43)13-11-22(39)16-36-31(48)52-33(4,5)6/h9-21H2,1-8H3,(H,34,42)(H,35,41)(H,36,48). The molecule has 0 aliphatic heterocycles. The second-order valence-electron chi connectivity index (χ2n) is 13.4. The van der Waals surface area contributed by atoms with E-state index in [1.54, 1.807) is 41.5 Å². The highest BCUT2D eigenvalue weighted by Crippen LogP contribution is 2.09. The number of amides is 5. The van der Waals surface area contributed by atoms with Gasteiger partial charge in [0, 0.05) is 32.2 Å². The van der Waals surface area contributed by atoms with Crippen LogP contribution in [-0.4, -0.2) is 140 Å². The highest BCUT2D eigenvalue weighted by atomic mass is 16.6. The average Bonchev–Trinajstić information content (AvgIpc) is 3.03. The molecule has 0 unspecified atom stereocenters. The molecule has 0 aliphatic rings. The number of carbonyl (C=O) groups is 10. The Morgan fingerprint density at radius 1 is 0.500 bits per heavy atom. The molecule has 19 nitrogen and oxygen atoms in total. The van der Waals surface area contributed by atoms with Crippen LogP contribution in [0.3, 0.4) is 0 Å². The van der Waals surface area contributed by atoms with Crippen molar-refractivity contribution in [3.05, 3.63) is 0 Å². The van der Waals surface area contributed by atoms with E-state index in [0.29, 0.717) is 0 Å². The number of methoxy groups -OCH3 is 2. The molecule has 0 aliphatic carbocycles. The quantitative estimate of drug-likeness (QED) is 0.0723. The number of ether oxygens (including phenoxy) is 4. The van der Waals surface area contributed by atoms with Crippen LogP contribution in [0.2, 0.25) is 0 Å². The van der Waals surface area contributed by atoms with Crippen LogP contribution in [0.1, 0.15) is 80.1 Å². The number of Topliss-reactive ketones (excluding diaryl/α,β-unsaturated/α-hetero) is 2. The Balaban J connectivity index is 4.91. The van der Waals surface area contributed by atoms with Crippen molar-refractivity contribution in [2.45, 2.75) is 91.3 Å². The number of esters is 3. The molecule has 0 heterocycles. The minimum absolute atomic E-state index is 0.0314. The van der Waals surface area contributed by atoms with Crippen molar-refractivity contribution in [3.8, 4) is 0 Å². The Morgan fingerprint density at radius 2 is 1.06 bits per heavy atom. The van der Waals surface area contributed by atoms with Crippen molar-refractivity contribution < 1.29 is 66.9 Å². The molecule has 0 aromatic carbocycles. The first kappa shape index (κ1) is 46.9. The van der Waals surface area contributed by atoms with Gasteiger partial charge >= 0.3 is 24.0 Å². The van der Waals surface area contributed by atoms with Crippen LogP contribution in [0.5, 0.6) is 0 Å². The first-order valence-electron chi connectivity index (χ1n) is 16.5. The van der Waals surface area contributed by atoms with Crippen LogP contribution in [0, 0.1) is 0 Å². The number of hydrogen-bond acceptors (Lipinski definition) is 14. The van der Waals surface area contributed by atoms with Gasteiger partial charge in [0.25, 0.3) is 0 Å². The van der Waals surface area contributed by atoms with E-state index in [1.807, 2.05) is 0 Å². The molecular weight excluding hydrogens is 690 g/mol. The molecule has 294 valence electrons. The first-order valence-corrected chi connectivity index (χ1v) is 16.5. The molecule has 0 rings (SSSR count). The molecular formula is C33H53N5O14. The van der Waals surface area contributed by atoms with E-state index in [1.165, 1.54) is 0 Å². The molecule has 0 bridgehead atoms. The summed E-state index contributed by atoms with van der Waals surface area (Å²) in [4.78, 5) is 124. The zero-order valence-corrected chi connectivity index (χ0v) is 31.3. The molecule has 0 saturated heterocycles. The van der Waals surface area contributed by atoms with Gasteiger partial charge in [-0.25, -0.2) is 4.79 Å². The maximum absolute atomic E-state index is 12.8. The number of rotatable bonds is 22. The van der Waals surface area contributed by atoms with Gasteiger partial charge in [-0.3, -0.25) is 43.2 Å².